The highest BCUT2D eigenvalue weighted by molar-refractivity contribution is 4.75. The number of ether oxygens (including phenoxy) is 1. The minimum absolute atomic E-state index is 0.504. The maximum atomic E-state index is 5.61. The van der Waals surface area contributed by atoms with Crippen LogP contribution in [0.15, 0.2) is 0 Å². The van der Waals surface area contributed by atoms with Gasteiger partial charge in [-0.05, 0) is 37.6 Å². The Morgan fingerprint density at radius 3 is 2.67 bits per heavy atom. The molecule has 0 bridgehead atoms. The zero-order valence-electron chi connectivity index (χ0n) is 10.0. The molecule has 1 heterocycles. The first-order valence-corrected chi connectivity index (χ1v) is 6.68. The lowest BCUT2D eigenvalue weighted by Gasteiger charge is -2.29. The summed E-state index contributed by atoms with van der Waals surface area (Å²) in [6.07, 6.45) is 8.77. The number of rotatable bonds is 4. The lowest BCUT2D eigenvalue weighted by Crippen LogP contribution is -2.34. The van der Waals surface area contributed by atoms with Gasteiger partial charge in [0.15, 0.2) is 0 Å². The van der Waals surface area contributed by atoms with E-state index in [4.69, 9.17) is 4.74 Å². The summed E-state index contributed by atoms with van der Waals surface area (Å²) >= 11 is 0. The lowest BCUT2D eigenvalue weighted by molar-refractivity contribution is 0.107. The molecule has 3 atom stereocenters. The van der Waals surface area contributed by atoms with E-state index in [1.54, 1.807) is 0 Å². The minimum atomic E-state index is 0.504. The summed E-state index contributed by atoms with van der Waals surface area (Å²) in [6, 6.07) is 0. The third kappa shape index (κ3) is 3.46. The van der Waals surface area contributed by atoms with E-state index < -0.39 is 0 Å². The molecule has 1 N–H and O–H groups in total. The molecule has 2 nitrogen and oxygen atoms in total. The van der Waals surface area contributed by atoms with Crippen molar-refractivity contribution in [1.29, 1.82) is 0 Å². The fraction of sp³-hybridized carbons (Fsp3) is 1.00. The van der Waals surface area contributed by atoms with Gasteiger partial charge in [0.25, 0.3) is 0 Å². The largest absolute Gasteiger partial charge is 0.377 e. The fourth-order valence-corrected chi connectivity index (χ4v) is 2.93. The van der Waals surface area contributed by atoms with Crippen molar-refractivity contribution in [3.8, 4) is 0 Å². The topological polar surface area (TPSA) is 21.3 Å². The first-order chi connectivity index (χ1) is 7.36. The van der Waals surface area contributed by atoms with Gasteiger partial charge in [-0.15, -0.1) is 0 Å². The molecule has 1 aliphatic carbocycles. The fourth-order valence-electron chi connectivity index (χ4n) is 2.93. The van der Waals surface area contributed by atoms with E-state index >= 15 is 0 Å². The van der Waals surface area contributed by atoms with Crippen LogP contribution in [0, 0.1) is 11.8 Å². The number of hydrogen-bond acceptors (Lipinski definition) is 2. The van der Waals surface area contributed by atoms with Crippen LogP contribution in [0.1, 0.15) is 45.4 Å². The molecule has 15 heavy (non-hydrogen) atoms. The van der Waals surface area contributed by atoms with E-state index in [-0.39, 0.29) is 0 Å². The van der Waals surface area contributed by atoms with Gasteiger partial charge >= 0.3 is 0 Å². The van der Waals surface area contributed by atoms with Gasteiger partial charge in [-0.3, -0.25) is 0 Å². The van der Waals surface area contributed by atoms with E-state index in [2.05, 4.69) is 12.2 Å². The van der Waals surface area contributed by atoms with E-state index in [1.807, 2.05) is 0 Å². The Kier molecular flexibility index (Phi) is 4.45. The normalized spacial score (nSPS) is 37.0. The van der Waals surface area contributed by atoms with Crippen molar-refractivity contribution >= 4 is 0 Å². The molecule has 3 unspecified atom stereocenters. The van der Waals surface area contributed by atoms with Crippen molar-refractivity contribution in [3.05, 3.63) is 0 Å². The van der Waals surface area contributed by atoms with Gasteiger partial charge in [-0.2, -0.15) is 0 Å². The van der Waals surface area contributed by atoms with Gasteiger partial charge in [0.1, 0.15) is 0 Å². The van der Waals surface area contributed by atoms with Crippen LogP contribution in [0.25, 0.3) is 0 Å². The van der Waals surface area contributed by atoms with Crippen LogP contribution in [0.4, 0.5) is 0 Å². The molecule has 1 saturated carbocycles. The van der Waals surface area contributed by atoms with Gasteiger partial charge in [-0.1, -0.05) is 26.2 Å². The van der Waals surface area contributed by atoms with E-state index in [0.29, 0.717) is 6.10 Å². The van der Waals surface area contributed by atoms with Crippen molar-refractivity contribution in [2.24, 2.45) is 11.8 Å². The molecule has 1 saturated heterocycles. The smallest absolute Gasteiger partial charge is 0.0700 e. The molecule has 0 aromatic heterocycles. The quantitative estimate of drug-likeness (QED) is 0.771. The van der Waals surface area contributed by atoms with Crippen LogP contribution in [0.3, 0.4) is 0 Å². The third-order valence-electron chi connectivity index (χ3n) is 4.09. The van der Waals surface area contributed by atoms with Gasteiger partial charge in [-0.25, -0.2) is 0 Å². The van der Waals surface area contributed by atoms with Gasteiger partial charge in [0.05, 0.1) is 6.10 Å². The van der Waals surface area contributed by atoms with Gasteiger partial charge in [0, 0.05) is 13.2 Å². The SMILES string of the molecule is CC1CCCCC1CNCC1CCCO1. The number of nitrogens with one attached hydrogen (secondary N) is 1. The summed E-state index contributed by atoms with van der Waals surface area (Å²) in [7, 11) is 0. The summed E-state index contributed by atoms with van der Waals surface area (Å²) in [6.45, 7) is 5.67. The van der Waals surface area contributed by atoms with Crippen LogP contribution >= 0.6 is 0 Å². The summed E-state index contributed by atoms with van der Waals surface area (Å²) < 4.78 is 5.61. The molecular weight excluding hydrogens is 186 g/mol. The summed E-state index contributed by atoms with van der Waals surface area (Å²) in [4.78, 5) is 0. The first-order valence-electron chi connectivity index (χ1n) is 6.68. The molecule has 0 spiro atoms. The van der Waals surface area contributed by atoms with Crippen LogP contribution in [-0.2, 0) is 4.74 Å². The van der Waals surface area contributed by atoms with E-state index in [1.165, 1.54) is 45.1 Å². The Hall–Kier alpha value is -0.0800. The Balaban J connectivity index is 1.59. The maximum Gasteiger partial charge on any atom is 0.0700 e. The van der Waals surface area contributed by atoms with Crippen molar-refractivity contribution in [3.63, 3.8) is 0 Å². The second kappa shape index (κ2) is 5.86. The van der Waals surface area contributed by atoms with Crippen molar-refractivity contribution in [2.45, 2.75) is 51.6 Å². The summed E-state index contributed by atoms with van der Waals surface area (Å²) in [5.74, 6) is 1.84. The Labute approximate surface area is 93.8 Å². The second-order valence-corrected chi connectivity index (χ2v) is 5.32. The zero-order valence-corrected chi connectivity index (χ0v) is 10.0. The Morgan fingerprint density at radius 1 is 1.07 bits per heavy atom. The highest BCUT2D eigenvalue weighted by atomic mass is 16.5. The molecule has 0 aromatic rings. The predicted molar refractivity (Wildman–Crippen MR) is 63.0 cm³/mol. The molecule has 1 aliphatic heterocycles. The van der Waals surface area contributed by atoms with Gasteiger partial charge in [0.2, 0.25) is 0 Å². The second-order valence-electron chi connectivity index (χ2n) is 5.32. The van der Waals surface area contributed by atoms with Crippen molar-refractivity contribution < 1.29 is 4.74 Å². The molecule has 2 fully saturated rings. The van der Waals surface area contributed by atoms with Gasteiger partial charge < -0.3 is 10.1 Å². The average Bonchev–Trinajstić information content (AvgIpc) is 2.74. The lowest BCUT2D eigenvalue weighted by atomic mass is 9.80. The average molecular weight is 211 g/mol. The molecular formula is C13H25NO. The molecule has 2 heteroatoms. The summed E-state index contributed by atoms with van der Waals surface area (Å²) in [5, 5.41) is 3.60. The first kappa shape index (κ1) is 11.4. The van der Waals surface area contributed by atoms with E-state index in [0.717, 1.165) is 25.0 Å². The molecule has 0 aromatic carbocycles. The molecule has 2 rings (SSSR count). The van der Waals surface area contributed by atoms with Crippen LogP contribution in [0.5, 0.6) is 0 Å². The highest BCUT2D eigenvalue weighted by Gasteiger charge is 2.21. The third-order valence-corrected chi connectivity index (χ3v) is 4.09. The predicted octanol–water partition coefficient (Wildman–Crippen LogP) is 2.58. The van der Waals surface area contributed by atoms with Crippen LogP contribution in [-0.4, -0.2) is 25.8 Å². The van der Waals surface area contributed by atoms with Crippen molar-refractivity contribution in [1.82, 2.24) is 5.32 Å². The highest BCUT2D eigenvalue weighted by Crippen LogP contribution is 2.28. The van der Waals surface area contributed by atoms with Crippen LogP contribution < -0.4 is 5.32 Å². The standard InChI is InChI=1S/C13H25NO/c1-11-5-2-3-6-12(11)9-14-10-13-7-4-8-15-13/h11-14H,2-10H2,1H3. The molecule has 0 radical (unpaired) electrons. The van der Waals surface area contributed by atoms with E-state index in [9.17, 15) is 0 Å². The Bertz CT molecular complexity index is 177. The molecule has 0 amide bonds. The van der Waals surface area contributed by atoms with Crippen LogP contribution in [0.2, 0.25) is 0 Å². The zero-order chi connectivity index (χ0) is 10.5. The number of hydrogen-bond donors (Lipinski definition) is 1. The molecule has 88 valence electrons. The Morgan fingerprint density at radius 2 is 1.93 bits per heavy atom. The minimum Gasteiger partial charge on any atom is -0.377 e. The van der Waals surface area contributed by atoms with Crippen molar-refractivity contribution in [2.75, 3.05) is 19.7 Å². The molecule has 2 aliphatic rings. The summed E-state index contributed by atoms with van der Waals surface area (Å²) in [5.41, 5.74) is 0. The monoisotopic (exact) mass is 211 g/mol. The maximum absolute atomic E-state index is 5.61.